The first-order valence-electron chi connectivity index (χ1n) is 5.82. The van der Waals surface area contributed by atoms with Crippen molar-refractivity contribution in [2.24, 2.45) is 0 Å². The van der Waals surface area contributed by atoms with Crippen molar-refractivity contribution in [3.05, 3.63) is 44.2 Å². The van der Waals surface area contributed by atoms with Crippen LogP contribution in [0, 0.1) is 11.3 Å². The highest BCUT2D eigenvalue weighted by Crippen LogP contribution is 2.32. The molecule has 0 spiro atoms. The Kier molecular flexibility index (Phi) is 5.39. The third kappa shape index (κ3) is 3.85. The lowest BCUT2D eigenvalue weighted by Gasteiger charge is -2.07. The quantitative estimate of drug-likeness (QED) is 0.664. The number of hydrogen-bond acceptors (Lipinski definition) is 6. The lowest BCUT2D eigenvalue weighted by molar-refractivity contribution is 0.0521. The first-order valence-corrected chi connectivity index (χ1v) is 7.45. The number of halogens is 2. The summed E-state index contributed by atoms with van der Waals surface area (Å²) >= 11 is 12.8. The summed E-state index contributed by atoms with van der Waals surface area (Å²) < 4.78 is 5.42. The molecule has 108 valence electrons. The fraction of sp³-hybridized carbons (Fsp3) is 0.154. The second-order valence-corrected chi connectivity index (χ2v) is 5.67. The molecule has 0 saturated heterocycles. The Balaban J connectivity index is 1.84. The minimum atomic E-state index is -0.536. The van der Waals surface area contributed by atoms with Gasteiger partial charge in [0.1, 0.15) is 22.8 Å². The zero-order valence-electron chi connectivity index (χ0n) is 10.6. The van der Waals surface area contributed by atoms with Crippen LogP contribution in [0.2, 0.25) is 9.36 Å². The monoisotopic (exact) mass is 341 g/mol. The number of nitrogens with zero attached hydrogens (tertiary/aromatic N) is 2. The van der Waals surface area contributed by atoms with E-state index in [1.165, 1.54) is 11.3 Å². The fourth-order valence-electron chi connectivity index (χ4n) is 1.49. The van der Waals surface area contributed by atoms with Crippen molar-refractivity contribution < 1.29 is 9.53 Å². The van der Waals surface area contributed by atoms with E-state index in [1.54, 1.807) is 23.7 Å². The molecular formula is C13H9Cl2N3O2S. The molecule has 0 fully saturated rings. The predicted octanol–water partition coefficient (Wildman–Crippen LogP) is 3.59. The number of hydrogen-bond donors (Lipinski definition) is 1. The van der Waals surface area contributed by atoms with Crippen molar-refractivity contribution in [3.8, 4) is 6.07 Å². The zero-order chi connectivity index (χ0) is 15.2. The molecule has 21 heavy (non-hydrogen) atoms. The number of pyridine rings is 1. The van der Waals surface area contributed by atoms with Gasteiger partial charge in [-0.25, -0.2) is 9.78 Å². The summed E-state index contributed by atoms with van der Waals surface area (Å²) in [6.07, 6.45) is 1.57. The summed E-state index contributed by atoms with van der Waals surface area (Å²) in [5.74, 6) is -0.0841. The van der Waals surface area contributed by atoms with Crippen LogP contribution in [0.5, 0.6) is 0 Å². The first-order chi connectivity index (χ1) is 10.1. The average Bonchev–Trinajstić information content (AvgIpc) is 2.83. The molecule has 2 rings (SSSR count). The summed E-state index contributed by atoms with van der Waals surface area (Å²) in [5.41, 5.74) is 0.679. The van der Waals surface area contributed by atoms with Crippen LogP contribution in [0.15, 0.2) is 23.7 Å². The van der Waals surface area contributed by atoms with Crippen molar-refractivity contribution >= 4 is 46.3 Å². The molecule has 0 atom stereocenters. The fourth-order valence-corrected chi connectivity index (χ4v) is 2.70. The van der Waals surface area contributed by atoms with Crippen LogP contribution < -0.4 is 5.32 Å². The van der Waals surface area contributed by atoms with E-state index in [-0.39, 0.29) is 17.2 Å². The molecule has 8 heteroatoms. The number of esters is 1. The maximum absolute atomic E-state index is 11.8. The summed E-state index contributed by atoms with van der Waals surface area (Å²) in [6.45, 7) is 0.441. The SMILES string of the molecule is N#Cc1cccnc1NCCOC(=O)c1csc(Cl)c1Cl. The van der Waals surface area contributed by atoms with E-state index in [0.29, 0.717) is 22.3 Å². The van der Waals surface area contributed by atoms with Crippen molar-refractivity contribution in [3.63, 3.8) is 0 Å². The van der Waals surface area contributed by atoms with Crippen molar-refractivity contribution in [2.45, 2.75) is 0 Å². The molecule has 5 nitrogen and oxygen atoms in total. The van der Waals surface area contributed by atoms with Crippen LogP contribution >= 0.6 is 34.5 Å². The summed E-state index contributed by atoms with van der Waals surface area (Å²) in [5, 5.41) is 13.6. The van der Waals surface area contributed by atoms with Gasteiger partial charge in [0.15, 0.2) is 0 Å². The molecule has 0 aliphatic heterocycles. The number of thiophene rings is 1. The molecule has 0 bridgehead atoms. The molecule has 0 unspecified atom stereocenters. The summed E-state index contributed by atoms with van der Waals surface area (Å²) in [4.78, 5) is 15.8. The van der Waals surface area contributed by atoms with Crippen LogP contribution in [0.4, 0.5) is 5.82 Å². The second kappa shape index (κ2) is 7.27. The molecule has 2 aromatic heterocycles. The molecule has 0 aromatic carbocycles. The molecule has 2 heterocycles. The Bertz CT molecular complexity index is 697. The third-order valence-corrected chi connectivity index (χ3v) is 4.29. The van der Waals surface area contributed by atoms with E-state index < -0.39 is 5.97 Å². The number of ether oxygens (including phenoxy) is 1. The minimum Gasteiger partial charge on any atom is -0.460 e. The molecule has 2 aromatic rings. The molecule has 0 aliphatic carbocycles. The lowest BCUT2D eigenvalue weighted by Crippen LogP contribution is -2.15. The molecule has 0 aliphatic rings. The van der Waals surface area contributed by atoms with Gasteiger partial charge in [-0.15, -0.1) is 11.3 Å². The van der Waals surface area contributed by atoms with Gasteiger partial charge in [-0.3, -0.25) is 0 Å². The highest BCUT2D eigenvalue weighted by molar-refractivity contribution is 7.15. The van der Waals surface area contributed by atoms with Crippen LogP contribution in [0.1, 0.15) is 15.9 Å². The van der Waals surface area contributed by atoms with Gasteiger partial charge in [0.2, 0.25) is 0 Å². The van der Waals surface area contributed by atoms with Crippen molar-refractivity contribution in [1.82, 2.24) is 4.98 Å². The molecule has 0 saturated carbocycles. The highest BCUT2D eigenvalue weighted by atomic mass is 35.5. The van der Waals surface area contributed by atoms with E-state index in [2.05, 4.69) is 10.3 Å². The van der Waals surface area contributed by atoms with Crippen LogP contribution in [-0.2, 0) is 4.74 Å². The van der Waals surface area contributed by atoms with E-state index in [4.69, 9.17) is 33.2 Å². The lowest BCUT2D eigenvalue weighted by atomic mass is 10.3. The maximum Gasteiger partial charge on any atom is 0.340 e. The van der Waals surface area contributed by atoms with Gasteiger partial charge < -0.3 is 10.1 Å². The smallest absolute Gasteiger partial charge is 0.340 e. The normalized spacial score (nSPS) is 9.95. The number of carbonyl (C=O) groups is 1. The average molecular weight is 342 g/mol. The number of nitriles is 1. The number of rotatable bonds is 5. The molecule has 1 N–H and O–H groups in total. The number of anilines is 1. The summed E-state index contributed by atoms with van der Waals surface area (Å²) in [7, 11) is 0. The Morgan fingerprint density at radius 1 is 1.52 bits per heavy atom. The van der Waals surface area contributed by atoms with Crippen molar-refractivity contribution in [1.29, 1.82) is 5.26 Å². The van der Waals surface area contributed by atoms with E-state index in [0.717, 1.165) is 0 Å². The maximum atomic E-state index is 11.8. The van der Waals surface area contributed by atoms with E-state index in [9.17, 15) is 4.79 Å². The third-order valence-electron chi connectivity index (χ3n) is 2.47. The zero-order valence-corrected chi connectivity index (χ0v) is 12.9. The van der Waals surface area contributed by atoms with Gasteiger partial charge in [0, 0.05) is 11.6 Å². The highest BCUT2D eigenvalue weighted by Gasteiger charge is 2.16. The van der Waals surface area contributed by atoms with Gasteiger partial charge >= 0.3 is 5.97 Å². The summed E-state index contributed by atoms with van der Waals surface area (Å²) in [6, 6.07) is 5.34. The van der Waals surface area contributed by atoms with E-state index >= 15 is 0 Å². The second-order valence-electron chi connectivity index (χ2n) is 3.81. The van der Waals surface area contributed by atoms with Crippen LogP contribution in [0.25, 0.3) is 0 Å². The first kappa shape index (κ1) is 15.6. The Morgan fingerprint density at radius 3 is 3.00 bits per heavy atom. The van der Waals surface area contributed by atoms with Gasteiger partial charge in [-0.05, 0) is 12.1 Å². The van der Waals surface area contributed by atoms with Gasteiger partial charge in [0.05, 0.1) is 22.7 Å². The van der Waals surface area contributed by atoms with E-state index in [1.807, 2.05) is 6.07 Å². The van der Waals surface area contributed by atoms with Crippen LogP contribution in [-0.4, -0.2) is 24.1 Å². The minimum absolute atomic E-state index is 0.115. The topological polar surface area (TPSA) is 75.0 Å². The largest absolute Gasteiger partial charge is 0.460 e. The molecule has 0 amide bonds. The Morgan fingerprint density at radius 2 is 2.33 bits per heavy atom. The van der Waals surface area contributed by atoms with Gasteiger partial charge in [0.25, 0.3) is 0 Å². The Hall–Kier alpha value is -1.81. The van der Waals surface area contributed by atoms with Crippen molar-refractivity contribution in [2.75, 3.05) is 18.5 Å². The standard InChI is InChI=1S/C13H9Cl2N3O2S/c14-10-9(7-21-11(10)15)13(19)20-5-4-18-12-8(6-16)2-1-3-17-12/h1-3,7H,4-5H2,(H,17,18). The predicted molar refractivity (Wildman–Crippen MR) is 82.1 cm³/mol. The Labute approximate surface area is 135 Å². The molecule has 0 radical (unpaired) electrons. The van der Waals surface area contributed by atoms with Gasteiger partial charge in [-0.1, -0.05) is 23.2 Å². The number of aromatic nitrogens is 1. The van der Waals surface area contributed by atoms with Crippen LogP contribution in [0.3, 0.4) is 0 Å². The molecular weight excluding hydrogens is 333 g/mol. The van der Waals surface area contributed by atoms with Gasteiger partial charge in [-0.2, -0.15) is 5.26 Å². The number of carbonyl (C=O) groups excluding carboxylic acids is 1. The number of nitrogens with one attached hydrogen (secondary N) is 1.